The Labute approximate surface area is 154 Å². The fourth-order valence-electron chi connectivity index (χ4n) is 2.46. The Morgan fingerprint density at radius 3 is 2.64 bits per heavy atom. The SMILES string of the molecule is C[C@H](Oc1ccccc1)C(=O)NC[C@@](O)(c1ccsc1)c1cccs1. The highest BCUT2D eigenvalue weighted by molar-refractivity contribution is 7.10. The lowest BCUT2D eigenvalue weighted by molar-refractivity contribution is -0.128. The zero-order valence-electron chi connectivity index (χ0n) is 13.7. The van der Waals surface area contributed by atoms with Crippen molar-refractivity contribution in [1.29, 1.82) is 0 Å². The minimum Gasteiger partial charge on any atom is -0.481 e. The van der Waals surface area contributed by atoms with Crippen LogP contribution >= 0.6 is 22.7 Å². The maximum atomic E-state index is 12.4. The van der Waals surface area contributed by atoms with E-state index in [0.717, 1.165) is 10.4 Å². The highest BCUT2D eigenvalue weighted by Gasteiger charge is 2.34. The van der Waals surface area contributed by atoms with Gasteiger partial charge in [0, 0.05) is 10.4 Å². The Hall–Kier alpha value is -2.15. The van der Waals surface area contributed by atoms with Crippen molar-refractivity contribution in [2.75, 3.05) is 6.54 Å². The second-order valence-electron chi connectivity index (χ2n) is 5.64. The molecule has 0 spiro atoms. The van der Waals surface area contributed by atoms with Gasteiger partial charge in [0.25, 0.3) is 5.91 Å². The average Bonchev–Trinajstić information content (AvgIpc) is 3.34. The van der Waals surface area contributed by atoms with E-state index in [1.807, 2.05) is 52.5 Å². The van der Waals surface area contributed by atoms with E-state index in [1.165, 1.54) is 22.7 Å². The van der Waals surface area contributed by atoms with Crippen LogP contribution < -0.4 is 10.1 Å². The monoisotopic (exact) mass is 373 g/mol. The standard InChI is InChI=1S/C19H19NO3S2/c1-14(23-16-6-3-2-4-7-16)18(21)20-13-19(22,15-9-11-24-12-15)17-8-5-10-25-17/h2-12,14,22H,13H2,1H3,(H,20,21)/t14-,19+/m0/s1. The smallest absolute Gasteiger partial charge is 0.260 e. The summed E-state index contributed by atoms with van der Waals surface area (Å²) < 4.78 is 5.63. The summed E-state index contributed by atoms with van der Waals surface area (Å²) in [6.45, 7) is 1.78. The Morgan fingerprint density at radius 2 is 2.00 bits per heavy atom. The van der Waals surface area contributed by atoms with Gasteiger partial charge >= 0.3 is 0 Å². The molecular weight excluding hydrogens is 354 g/mol. The van der Waals surface area contributed by atoms with Crippen molar-refractivity contribution in [1.82, 2.24) is 5.32 Å². The molecule has 1 amide bonds. The number of hydrogen-bond donors (Lipinski definition) is 2. The van der Waals surface area contributed by atoms with Gasteiger partial charge in [0.15, 0.2) is 6.10 Å². The molecule has 2 aromatic heterocycles. The number of nitrogens with one attached hydrogen (secondary N) is 1. The number of thiophene rings is 2. The highest BCUT2D eigenvalue weighted by atomic mass is 32.1. The van der Waals surface area contributed by atoms with E-state index in [4.69, 9.17) is 4.74 Å². The molecule has 0 bridgehead atoms. The van der Waals surface area contributed by atoms with E-state index in [1.54, 1.807) is 19.1 Å². The summed E-state index contributed by atoms with van der Waals surface area (Å²) in [5.74, 6) is 0.366. The van der Waals surface area contributed by atoms with Gasteiger partial charge in [-0.1, -0.05) is 24.3 Å². The Kier molecular flexibility index (Phi) is 5.53. The third-order valence-electron chi connectivity index (χ3n) is 3.87. The van der Waals surface area contributed by atoms with Gasteiger partial charge in [-0.25, -0.2) is 0 Å². The molecule has 0 aliphatic carbocycles. The number of rotatable bonds is 7. The van der Waals surface area contributed by atoms with Gasteiger partial charge in [-0.15, -0.1) is 11.3 Å². The summed E-state index contributed by atoms with van der Waals surface area (Å²) in [4.78, 5) is 13.2. The molecule has 4 nitrogen and oxygen atoms in total. The molecule has 2 atom stereocenters. The third-order valence-corrected chi connectivity index (χ3v) is 5.58. The van der Waals surface area contributed by atoms with Crippen LogP contribution in [0.4, 0.5) is 0 Å². The van der Waals surface area contributed by atoms with Crippen LogP contribution in [0.25, 0.3) is 0 Å². The fourth-order valence-corrected chi connectivity index (χ4v) is 4.03. The predicted molar refractivity (Wildman–Crippen MR) is 101 cm³/mol. The van der Waals surface area contributed by atoms with Crippen LogP contribution in [0.2, 0.25) is 0 Å². The van der Waals surface area contributed by atoms with Crippen LogP contribution in [0.5, 0.6) is 5.75 Å². The number of benzene rings is 1. The van der Waals surface area contributed by atoms with Gasteiger partial charge in [-0.05, 0) is 47.3 Å². The maximum Gasteiger partial charge on any atom is 0.260 e. The van der Waals surface area contributed by atoms with Crippen LogP contribution in [0, 0.1) is 0 Å². The molecule has 6 heteroatoms. The van der Waals surface area contributed by atoms with E-state index in [2.05, 4.69) is 5.32 Å². The summed E-state index contributed by atoms with van der Waals surface area (Å²) in [5.41, 5.74) is -0.465. The van der Waals surface area contributed by atoms with E-state index < -0.39 is 11.7 Å². The van der Waals surface area contributed by atoms with Gasteiger partial charge < -0.3 is 15.2 Å². The molecule has 0 aliphatic heterocycles. The second-order valence-corrected chi connectivity index (χ2v) is 7.37. The van der Waals surface area contributed by atoms with Crippen molar-refractivity contribution in [3.8, 4) is 5.75 Å². The van der Waals surface area contributed by atoms with E-state index in [9.17, 15) is 9.90 Å². The summed E-state index contributed by atoms with van der Waals surface area (Å²) in [5, 5.41) is 19.8. The van der Waals surface area contributed by atoms with Crippen LogP contribution in [-0.4, -0.2) is 23.7 Å². The van der Waals surface area contributed by atoms with Crippen LogP contribution in [0.1, 0.15) is 17.4 Å². The first kappa shape index (κ1) is 17.7. The molecule has 0 saturated carbocycles. The zero-order chi connectivity index (χ0) is 17.7. The largest absolute Gasteiger partial charge is 0.481 e. The second kappa shape index (κ2) is 7.82. The van der Waals surface area contributed by atoms with Gasteiger partial charge in [0.05, 0.1) is 6.54 Å². The Morgan fingerprint density at radius 1 is 1.20 bits per heavy atom. The molecule has 0 radical (unpaired) electrons. The number of para-hydroxylation sites is 1. The molecule has 1 aromatic carbocycles. The molecule has 3 rings (SSSR count). The van der Waals surface area contributed by atoms with Crippen molar-refractivity contribution in [3.05, 3.63) is 75.1 Å². The molecule has 130 valence electrons. The summed E-state index contributed by atoms with van der Waals surface area (Å²) in [6, 6.07) is 14.8. The molecule has 3 aromatic rings. The molecule has 2 heterocycles. The predicted octanol–water partition coefficient (Wildman–Crippen LogP) is 3.63. The lowest BCUT2D eigenvalue weighted by Crippen LogP contribution is -2.45. The third kappa shape index (κ3) is 4.10. The number of aliphatic hydroxyl groups is 1. The fraction of sp³-hybridized carbons (Fsp3) is 0.211. The normalized spacial score (nSPS) is 14.5. The van der Waals surface area contributed by atoms with Crippen LogP contribution in [0.3, 0.4) is 0 Å². The minimum atomic E-state index is -1.24. The van der Waals surface area contributed by atoms with Crippen LogP contribution in [-0.2, 0) is 10.4 Å². The molecule has 0 aliphatic rings. The first-order valence-corrected chi connectivity index (χ1v) is 9.70. The zero-order valence-corrected chi connectivity index (χ0v) is 15.3. The van der Waals surface area contributed by atoms with Crippen LogP contribution in [0.15, 0.2) is 64.7 Å². The summed E-state index contributed by atoms with van der Waals surface area (Å²) in [6.07, 6.45) is -0.655. The van der Waals surface area contributed by atoms with Gasteiger partial charge in [-0.2, -0.15) is 11.3 Å². The van der Waals surface area contributed by atoms with E-state index in [0.29, 0.717) is 5.75 Å². The van der Waals surface area contributed by atoms with Crippen molar-refractivity contribution < 1.29 is 14.6 Å². The van der Waals surface area contributed by atoms with Crippen molar-refractivity contribution in [3.63, 3.8) is 0 Å². The molecule has 0 unspecified atom stereocenters. The lowest BCUT2D eigenvalue weighted by Gasteiger charge is -2.27. The quantitative estimate of drug-likeness (QED) is 0.665. The maximum absolute atomic E-state index is 12.4. The first-order valence-electron chi connectivity index (χ1n) is 7.88. The van der Waals surface area contributed by atoms with Gasteiger partial charge in [-0.3, -0.25) is 4.79 Å². The van der Waals surface area contributed by atoms with Crippen molar-refractivity contribution in [2.45, 2.75) is 18.6 Å². The Bertz CT molecular complexity index is 751. The number of ether oxygens (including phenoxy) is 1. The number of carbonyl (C=O) groups excluding carboxylic acids is 1. The van der Waals surface area contributed by atoms with E-state index >= 15 is 0 Å². The summed E-state index contributed by atoms with van der Waals surface area (Å²) in [7, 11) is 0. The average molecular weight is 373 g/mol. The topological polar surface area (TPSA) is 58.6 Å². The number of carbonyl (C=O) groups is 1. The first-order chi connectivity index (χ1) is 12.1. The number of amides is 1. The minimum absolute atomic E-state index is 0.0889. The highest BCUT2D eigenvalue weighted by Crippen LogP contribution is 2.33. The number of hydrogen-bond acceptors (Lipinski definition) is 5. The summed E-state index contributed by atoms with van der Waals surface area (Å²) >= 11 is 2.98. The van der Waals surface area contributed by atoms with Crippen molar-refractivity contribution in [2.24, 2.45) is 0 Å². The lowest BCUT2D eigenvalue weighted by atomic mass is 9.94. The molecule has 0 fully saturated rings. The molecule has 2 N–H and O–H groups in total. The Balaban J connectivity index is 1.68. The van der Waals surface area contributed by atoms with Gasteiger partial charge in [0.1, 0.15) is 11.4 Å². The van der Waals surface area contributed by atoms with Gasteiger partial charge in [0.2, 0.25) is 0 Å². The van der Waals surface area contributed by atoms with E-state index in [-0.39, 0.29) is 12.5 Å². The molecule has 0 saturated heterocycles. The molecule has 25 heavy (non-hydrogen) atoms. The molecular formula is C19H19NO3S2. The van der Waals surface area contributed by atoms with Crippen molar-refractivity contribution >= 4 is 28.6 Å².